The maximum Gasteiger partial charge on any atom is 0.134 e. The minimum Gasteiger partial charge on any atom is -0.370 e. The Balaban J connectivity index is 1.81. The zero-order chi connectivity index (χ0) is 13.2. The van der Waals surface area contributed by atoms with Crippen LogP contribution < -0.4 is 10.2 Å². The molecule has 0 radical (unpaired) electrons. The smallest absolute Gasteiger partial charge is 0.134 e. The van der Waals surface area contributed by atoms with Crippen molar-refractivity contribution < 1.29 is 0 Å². The predicted molar refractivity (Wildman–Crippen MR) is 78.6 cm³/mol. The number of anilines is 2. The number of hydrogen-bond acceptors (Lipinski definition) is 4. The molecule has 1 aromatic heterocycles. The van der Waals surface area contributed by atoms with Crippen LogP contribution in [0.3, 0.4) is 0 Å². The van der Waals surface area contributed by atoms with Crippen LogP contribution in [0.15, 0.2) is 6.07 Å². The summed E-state index contributed by atoms with van der Waals surface area (Å²) in [4.78, 5) is 11.7. The number of aryl methyl sites for hydroxylation is 1. The average molecular weight is 260 g/mol. The largest absolute Gasteiger partial charge is 0.370 e. The van der Waals surface area contributed by atoms with Crippen LogP contribution in [0.25, 0.3) is 0 Å². The highest BCUT2D eigenvalue weighted by atomic mass is 15.2. The highest BCUT2D eigenvalue weighted by Gasteiger charge is 2.36. The number of fused-ring (bicyclic) bond motifs is 1. The standard InChI is InChI=1S/C15H24N4/c1-3-13-17-14(16-4-2)8-15(18-13)19-9-11-6-5-7-12(11)10-19/h8,11-12H,3-7,9-10H2,1-2H3,(H,16,17,18). The first kappa shape index (κ1) is 12.7. The molecule has 3 rings (SSSR count). The van der Waals surface area contributed by atoms with Crippen molar-refractivity contribution in [3.05, 3.63) is 11.9 Å². The summed E-state index contributed by atoms with van der Waals surface area (Å²) in [7, 11) is 0. The van der Waals surface area contributed by atoms with Crippen LogP contribution in [-0.4, -0.2) is 29.6 Å². The fraction of sp³-hybridized carbons (Fsp3) is 0.733. The lowest BCUT2D eigenvalue weighted by Gasteiger charge is -2.19. The molecule has 0 bridgehead atoms. The van der Waals surface area contributed by atoms with E-state index in [4.69, 9.17) is 4.98 Å². The van der Waals surface area contributed by atoms with Gasteiger partial charge in [0.05, 0.1) is 0 Å². The predicted octanol–water partition coefficient (Wildman–Crippen LogP) is 2.71. The van der Waals surface area contributed by atoms with Crippen molar-refractivity contribution in [3.63, 3.8) is 0 Å². The monoisotopic (exact) mass is 260 g/mol. The van der Waals surface area contributed by atoms with Gasteiger partial charge in [-0.1, -0.05) is 13.3 Å². The molecule has 2 atom stereocenters. The fourth-order valence-corrected chi connectivity index (χ4v) is 3.50. The summed E-state index contributed by atoms with van der Waals surface area (Å²) < 4.78 is 0. The van der Waals surface area contributed by atoms with Gasteiger partial charge in [-0.3, -0.25) is 0 Å². The maximum absolute atomic E-state index is 4.72. The Bertz CT molecular complexity index is 434. The molecule has 0 aromatic carbocycles. The SMILES string of the molecule is CCNc1cc(N2CC3CCCC3C2)nc(CC)n1. The summed E-state index contributed by atoms with van der Waals surface area (Å²) in [6.07, 6.45) is 5.14. The third-order valence-electron chi connectivity index (χ3n) is 4.48. The van der Waals surface area contributed by atoms with Crippen LogP contribution in [0, 0.1) is 11.8 Å². The van der Waals surface area contributed by atoms with Gasteiger partial charge in [-0.25, -0.2) is 9.97 Å². The second-order valence-corrected chi connectivity index (χ2v) is 5.77. The second-order valence-electron chi connectivity index (χ2n) is 5.77. The molecule has 4 heteroatoms. The van der Waals surface area contributed by atoms with Crippen molar-refractivity contribution in [2.24, 2.45) is 11.8 Å². The Kier molecular flexibility index (Phi) is 3.58. The van der Waals surface area contributed by atoms with Crippen molar-refractivity contribution in [2.75, 3.05) is 29.9 Å². The lowest BCUT2D eigenvalue weighted by atomic mass is 10.0. The van der Waals surface area contributed by atoms with Gasteiger partial charge in [0.15, 0.2) is 0 Å². The van der Waals surface area contributed by atoms with Gasteiger partial charge in [0.1, 0.15) is 17.5 Å². The normalized spacial score (nSPS) is 25.7. The van der Waals surface area contributed by atoms with E-state index in [2.05, 4.69) is 35.1 Å². The number of aromatic nitrogens is 2. The van der Waals surface area contributed by atoms with Gasteiger partial charge in [0.2, 0.25) is 0 Å². The van der Waals surface area contributed by atoms with Crippen LogP contribution in [0.5, 0.6) is 0 Å². The molecule has 0 amide bonds. The van der Waals surface area contributed by atoms with Crippen LogP contribution >= 0.6 is 0 Å². The Morgan fingerprint density at radius 3 is 2.58 bits per heavy atom. The molecule has 1 aliphatic carbocycles. The molecule has 1 saturated heterocycles. The summed E-state index contributed by atoms with van der Waals surface area (Å²) in [5.41, 5.74) is 0. The molecule has 1 N–H and O–H groups in total. The second kappa shape index (κ2) is 5.35. The van der Waals surface area contributed by atoms with Crippen LogP contribution in [0.1, 0.15) is 38.9 Å². The Morgan fingerprint density at radius 2 is 1.95 bits per heavy atom. The number of rotatable bonds is 4. The molecule has 1 aromatic rings. The molecule has 19 heavy (non-hydrogen) atoms. The van der Waals surface area contributed by atoms with Gasteiger partial charge >= 0.3 is 0 Å². The summed E-state index contributed by atoms with van der Waals surface area (Å²) in [5.74, 6) is 4.86. The quantitative estimate of drug-likeness (QED) is 0.903. The van der Waals surface area contributed by atoms with Gasteiger partial charge < -0.3 is 10.2 Å². The maximum atomic E-state index is 4.72. The van der Waals surface area contributed by atoms with E-state index in [1.165, 1.54) is 32.4 Å². The van der Waals surface area contributed by atoms with Crippen molar-refractivity contribution in [1.29, 1.82) is 0 Å². The Hall–Kier alpha value is -1.32. The van der Waals surface area contributed by atoms with Crippen molar-refractivity contribution in [1.82, 2.24) is 9.97 Å². The third-order valence-corrected chi connectivity index (χ3v) is 4.48. The minimum atomic E-state index is 0.896. The van der Waals surface area contributed by atoms with Crippen molar-refractivity contribution in [2.45, 2.75) is 39.5 Å². The topological polar surface area (TPSA) is 41.0 Å². The minimum absolute atomic E-state index is 0.896. The lowest BCUT2D eigenvalue weighted by molar-refractivity contribution is 0.494. The molecule has 2 unspecified atom stereocenters. The third kappa shape index (κ3) is 2.53. The molecule has 2 fully saturated rings. The summed E-state index contributed by atoms with van der Waals surface area (Å²) in [6.45, 7) is 7.51. The molecular weight excluding hydrogens is 236 g/mol. The first-order valence-corrected chi connectivity index (χ1v) is 7.67. The summed E-state index contributed by atoms with van der Waals surface area (Å²) >= 11 is 0. The van der Waals surface area contributed by atoms with Gasteiger partial charge in [-0.05, 0) is 31.6 Å². The average Bonchev–Trinajstić information content (AvgIpc) is 2.99. The van der Waals surface area contributed by atoms with Crippen LogP contribution in [-0.2, 0) is 6.42 Å². The van der Waals surface area contributed by atoms with Crippen molar-refractivity contribution >= 4 is 11.6 Å². The summed E-state index contributed by atoms with van der Waals surface area (Å²) in [5, 5.41) is 3.32. The van der Waals surface area contributed by atoms with Gasteiger partial charge in [-0.15, -0.1) is 0 Å². The Morgan fingerprint density at radius 1 is 1.21 bits per heavy atom. The fourth-order valence-electron chi connectivity index (χ4n) is 3.50. The molecule has 2 heterocycles. The number of nitrogens with one attached hydrogen (secondary N) is 1. The van der Waals surface area contributed by atoms with Gasteiger partial charge in [0, 0.05) is 32.1 Å². The van der Waals surface area contributed by atoms with E-state index in [9.17, 15) is 0 Å². The molecule has 1 aliphatic heterocycles. The Labute approximate surface area is 115 Å². The number of nitrogens with zero attached hydrogens (tertiary/aromatic N) is 3. The molecular formula is C15H24N4. The van der Waals surface area contributed by atoms with E-state index >= 15 is 0 Å². The van der Waals surface area contributed by atoms with E-state index < -0.39 is 0 Å². The van der Waals surface area contributed by atoms with E-state index in [1.54, 1.807) is 0 Å². The first-order chi connectivity index (χ1) is 9.30. The van der Waals surface area contributed by atoms with E-state index in [0.717, 1.165) is 42.3 Å². The van der Waals surface area contributed by atoms with Gasteiger partial charge in [-0.2, -0.15) is 0 Å². The van der Waals surface area contributed by atoms with Crippen LogP contribution in [0.4, 0.5) is 11.6 Å². The molecule has 104 valence electrons. The zero-order valence-electron chi connectivity index (χ0n) is 12.0. The van der Waals surface area contributed by atoms with Crippen molar-refractivity contribution in [3.8, 4) is 0 Å². The highest BCUT2D eigenvalue weighted by Crippen LogP contribution is 2.39. The first-order valence-electron chi connectivity index (χ1n) is 7.67. The van der Waals surface area contributed by atoms with Crippen LogP contribution in [0.2, 0.25) is 0 Å². The summed E-state index contributed by atoms with van der Waals surface area (Å²) in [6, 6.07) is 2.11. The number of hydrogen-bond donors (Lipinski definition) is 1. The molecule has 2 aliphatic rings. The van der Waals surface area contributed by atoms with Gasteiger partial charge in [0.25, 0.3) is 0 Å². The lowest BCUT2D eigenvalue weighted by Crippen LogP contribution is -2.23. The molecule has 4 nitrogen and oxygen atoms in total. The highest BCUT2D eigenvalue weighted by molar-refractivity contribution is 5.50. The van der Waals surface area contributed by atoms with E-state index in [-0.39, 0.29) is 0 Å². The van der Waals surface area contributed by atoms with E-state index in [1.807, 2.05) is 0 Å². The van der Waals surface area contributed by atoms with E-state index in [0.29, 0.717) is 0 Å². The molecule has 0 spiro atoms. The molecule has 1 saturated carbocycles. The zero-order valence-corrected chi connectivity index (χ0v) is 12.0.